The number of hydroxylamine groups is 1. The van der Waals surface area contributed by atoms with Gasteiger partial charge in [-0.05, 0) is 32.4 Å². The number of nitrogens with one attached hydrogen (secondary N) is 2. The Kier molecular flexibility index (Phi) is 6.71. The molecular formula is C17H22ClN3O6S. The topological polar surface area (TPSA) is 125 Å². The molecule has 1 atom stereocenters. The summed E-state index contributed by atoms with van der Waals surface area (Å²) >= 11 is 6.00. The molecule has 9 nitrogen and oxygen atoms in total. The van der Waals surface area contributed by atoms with E-state index in [1.165, 1.54) is 19.2 Å². The number of aromatic hydroxyl groups is 1. The van der Waals surface area contributed by atoms with E-state index >= 15 is 0 Å². The van der Waals surface area contributed by atoms with Crippen LogP contribution in [0.25, 0.3) is 0 Å². The van der Waals surface area contributed by atoms with E-state index in [1.54, 1.807) is 6.92 Å². The van der Waals surface area contributed by atoms with Crippen LogP contribution < -0.4 is 21.5 Å². The minimum absolute atomic E-state index is 0.0205. The molecule has 0 spiro atoms. The van der Waals surface area contributed by atoms with Crippen LogP contribution in [0.3, 0.4) is 0 Å². The summed E-state index contributed by atoms with van der Waals surface area (Å²) < 4.78 is 26.1. The van der Waals surface area contributed by atoms with Gasteiger partial charge in [-0.3, -0.25) is 14.4 Å². The van der Waals surface area contributed by atoms with Crippen molar-refractivity contribution in [2.45, 2.75) is 38.1 Å². The van der Waals surface area contributed by atoms with Crippen LogP contribution in [0.15, 0.2) is 26.6 Å². The van der Waals surface area contributed by atoms with Crippen molar-refractivity contribution in [2.24, 2.45) is 0 Å². The zero-order chi connectivity index (χ0) is 21.2. The first kappa shape index (κ1) is 22.2. The number of phenols is 1. The highest BCUT2D eigenvalue weighted by Gasteiger charge is 2.31. The van der Waals surface area contributed by atoms with E-state index in [2.05, 4.69) is 10.6 Å². The maximum atomic E-state index is 12.7. The summed E-state index contributed by atoms with van der Waals surface area (Å²) in [6, 6.07) is 2.51. The Morgan fingerprint density at radius 2 is 1.82 bits per heavy atom. The van der Waals surface area contributed by atoms with E-state index in [0.29, 0.717) is 4.47 Å². The van der Waals surface area contributed by atoms with Gasteiger partial charge in [0.25, 0.3) is 20.9 Å². The molecule has 0 heterocycles. The van der Waals surface area contributed by atoms with Gasteiger partial charge >= 0.3 is 0 Å². The fraction of sp³-hybridized carbons (Fsp3) is 0.412. The lowest BCUT2D eigenvalue weighted by molar-refractivity contribution is -0.0443. The summed E-state index contributed by atoms with van der Waals surface area (Å²) in [6.07, 6.45) is 0.719. The van der Waals surface area contributed by atoms with Gasteiger partial charge in [-0.2, -0.15) is 0 Å². The highest BCUT2D eigenvalue weighted by atomic mass is 35.5. The molecule has 0 bridgehead atoms. The van der Waals surface area contributed by atoms with Gasteiger partial charge in [-0.1, -0.05) is 23.0 Å². The van der Waals surface area contributed by atoms with Crippen LogP contribution in [-0.4, -0.2) is 37.7 Å². The molecule has 11 heteroatoms. The van der Waals surface area contributed by atoms with Crippen molar-refractivity contribution in [1.82, 2.24) is 4.47 Å². The fourth-order valence-corrected chi connectivity index (χ4v) is 4.38. The second-order valence-corrected chi connectivity index (χ2v) is 8.24. The fourth-order valence-electron chi connectivity index (χ4n) is 2.52. The Hall–Kier alpha value is -2.14. The quantitative estimate of drug-likeness (QED) is 0.313. The number of anilines is 3. The van der Waals surface area contributed by atoms with E-state index in [0.717, 1.165) is 6.42 Å². The van der Waals surface area contributed by atoms with E-state index in [1.807, 2.05) is 13.8 Å². The zero-order valence-electron chi connectivity index (χ0n) is 15.9. The summed E-state index contributed by atoms with van der Waals surface area (Å²) in [7, 11) is -3.09. The summed E-state index contributed by atoms with van der Waals surface area (Å²) in [5, 5.41) is 15.9. The molecule has 0 aliphatic rings. The van der Waals surface area contributed by atoms with Crippen LogP contribution in [0.2, 0.25) is 5.02 Å². The maximum Gasteiger partial charge on any atom is 0.270 e. The first-order valence-electron chi connectivity index (χ1n) is 8.55. The number of halogens is 1. The normalized spacial score (nSPS) is 13.1. The monoisotopic (exact) mass is 431 g/mol. The van der Waals surface area contributed by atoms with E-state index in [9.17, 15) is 23.1 Å². The smallest absolute Gasteiger partial charge is 0.270 e. The summed E-state index contributed by atoms with van der Waals surface area (Å²) in [5.74, 6) is -0.689. The molecule has 2 aromatic carbocycles. The third-order valence-corrected chi connectivity index (χ3v) is 6.54. The van der Waals surface area contributed by atoms with Crippen molar-refractivity contribution in [3.05, 3.63) is 37.6 Å². The maximum absolute atomic E-state index is 12.7. The largest absolute Gasteiger partial charge is 0.504 e. The number of nitrogens with zero attached hydrogens (tertiary/aromatic N) is 1. The van der Waals surface area contributed by atoms with Gasteiger partial charge in [0.1, 0.15) is 16.3 Å². The molecule has 154 valence electrons. The number of sulfonamides is 1. The van der Waals surface area contributed by atoms with Crippen LogP contribution >= 0.6 is 11.6 Å². The molecule has 0 aliphatic heterocycles. The van der Waals surface area contributed by atoms with Crippen molar-refractivity contribution in [2.75, 3.05) is 24.3 Å². The Labute approximate surface area is 167 Å². The second-order valence-electron chi connectivity index (χ2n) is 6.07. The van der Waals surface area contributed by atoms with Crippen LogP contribution in [0, 0.1) is 0 Å². The van der Waals surface area contributed by atoms with Crippen LogP contribution in [-0.2, 0) is 14.9 Å². The molecule has 0 unspecified atom stereocenters. The Balaban J connectivity index is 2.50. The van der Waals surface area contributed by atoms with Crippen LogP contribution in [0.4, 0.5) is 17.1 Å². The number of hydrogen-bond donors (Lipinski definition) is 3. The Bertz CT molecular complexity index is 1040. The summed E-state index contributed by atoms with van der Waals surface area (Å²) in [6.45, 7) is 5.28. The molecule has 3 N–H and O–H groups in total. The summed E-state index contributed by atoms with van der Waals surface area (Å²) in [5.41, 5.74) is -1.50. The number of rotatable bonds is 9. The molecule has 0 amide bonds. The van der Waals surface area contributed by atoms with Gasteiger partial charge in [0.05, 0.1) is 17.8 Å². The average Bonchev–Trinajstić information content (AvgIpc) is 2.65. The predicted octanol–water partition coefficient (Wildman–Crippen LogP) is 2.17. The lowest BCUT2D eigenvalue weighted by Gasteiger charge is -2.21. The van der Waals surface area contributed by atoms with Gasteiger partial charge in [0.2, 0.25) is 0 Å². The van der Waals surface area contributed by atoms with Crippen molar-refractivity contribution in [3.63, 3.8) is 0 Å². The van der Waals surface area contributed by atoms with Gasteiger partial charge in [-0.25, -0.2) is 8.42 Å². The number of benzene rings is 1. The lowest BCUT2D eigenvalue weighted by Crippen LogP contribution is -2.38. The molecule has 0 aliphatic carbocycles. The third kappa shape index (κ3) is 3.86. The number of hydrogen-bond acceptors (Lipinski definition) is 8. The van der Waals surface area contributed by atoms with Crippen molar-refractivity contribution < 1.29 is 18.4 Å². The molecule has 0 fully saturated rings. The SMILES string of the molecule is CC[C@H](C)Nc1c(Nc2ccc(Cl)c(S(=O)(=O)N(CC)OC)c2O)c(=O)c1=O. The molecule has 0 aromatic heterocycles. The minimum atomic E-state index is -4.26. The molecule has 2 rings (SSSR count). The van der Waals surface area contributed by atoms with E-state index in [-0.39, 0.29) is 34.7 Å². The van der Waals surface area contributed by atoms with E-state index in [4.69, 9.17) is 16.4 Å². The van der Waals surface area contributed by atoms with E-state index < -0.39 is 31.5 Å². The van der Waals surface area contributed by atoms with Gasteiger partial charge < -0.3 is 15.7 Å². The second kappa shape index (κ2) is 8.48. The minimum Gasteiger partial charge on any atom is -0.504 e. The average molecular weight is 432 g/mol. The molecular weight excluding hydrogens is 410 g/mol. The lowest BCUT2D eigenvalue weighted by atomic mass is 10.1. The van der Waals surface area contributed by atoms with Gasteiger partial charge in [0, 0.05) is 12.6 Å². The first-order chi connectivity index (χ1) is 13.1. The van der Waals surface area contributed by atoms with Crippen molar-refractivity contribution in [3.8, 4) is 5.75 Å². The zero-order valence-corrected chi connectivity index (χ0v) is 17.4. The molecule has 0 radical (unpaired) electrons. The Morgan fingerprint density at radius 3 is 2.36 bits per heavy atom. The molecule has 2 aromatic rings. The van der Waals surface area contributed by atoms with Gasteiger partial charge in [0.15, 0.2) is 5.75 Å². The highest BCUT2D eigenvalue weighted by molar-refractivity contribution is 7.89. The highest BCUT2D eigenvalue weighted by Crippen LogP contribution is 2.40. The molecule has 0 saturated carbocycles. The standard InChI is InChI=1S/C17H22ClN3O6S/c1-5-9(3)19-12-13(16(24)15(12)23)20-11-8-7-10(18)17(14(11)22)28(25,26)21(6-2)27-4/h7-9,19-20,22H,5-6H2,1-4H3/t9-/m0/s1. The molecule has 0 saturated heterocycles. The van der Waals surface area contributed by atoms with Crippen LogP contribution in [0.1, 0.15) is 27.2 Å². The van der Waals surface area contributed by atoms with Crippen molar-refractivity contribution >= 4 is 38.7 Å². The summed E-state index contributed by atoms with van der Waals surface area (Å²) in [4.78, 5) is 28.0. The Morgan fingerprint density at radius 1 is 1.21 bits per heavy atom. The van der Waals surface area contributed by atoms with Crippen molar-refractivity contribution in [1.29, 1.82) is 0 Å². The van der Waals surface area contributed by atoms with Gasteiger partial charge in [-0.15, -0.1) is 0 Å². The van der Waals surface area contributed by atoms with Crippen LogP contribution in [0.5, 0.6) is 5.75 Å². The number of phenolic OH excluding ortho intramolecular Hbond substituents is 1. The first-order valence-corrected chi connectivity index (χ1v) is 10.4. The predicted molar refractivity (Wildman–Crippen MR) is 108 cm³/mol. The third-order valence-electron chi connectivity index (χ3n) is 4.24. The molecule has 28 heavy (non-hydrogen) atoms.